The molecular formula is C24H31N3O4. The number of methoxy groups -OCH3 is 2. The topological polar surface area (TPSA) is 79.9 Å². The Bertz CT molecular complexity index is 861. The van der Waals surface area contributed by atoms with Crippen LogP contribution < -0.4 is 20.1 Å². The summed E-state index contributed by atoms with van der Waals surface area (Å²) in [5.74, 6) is 1.45. The zero-order valence-corrected chi connectivity index (χ0v) is 18.2. The quantitative estimate of drug-likeness (QED) is 0.646. The van der Waals surface area contributed by atoms with Crippen molar-refractivity contribution in [2.45, 2.75) is 19.3 Å². The molecule has 1 aliphatic heterocycles. The predicted octanol–water partition coefficient (Wildman–Crippen LogP) is 2.71. The van der Waals surface area contributed by atoms with Crippen LogP contribution in [0.25, 0.3) is 0 Å². The molecule has 2 aromatic rings. The molecule has 0 saturated carbocycles. The minimum absolute atomic E-state index is 0.00749. The first kappa shape index (κ1) is 22.6. The number of para-hydroxylation sites is 2. The molecule has 0 aliphatic carbocycles. The fourth-order valence-electron chi connectivity index (χ4n) is 3.73. The average Bonchev–Trinajstić information content (AvgIpc) is 2.80. The van der Waals surface area contributed by atoms with E-state index in [0.717, 1.165) is 43.7 Å². The van der Waals surface area contributed by atoms with Gasteiger partial charge < -0.3 is 20.1 Å². The molecule has 1 aliphatic rings. The Hall–Kier alpha value is -3.06. The molecule has 1 saturated heterocycles. The van der Waals surface area contributed by atoms with Crippen molar-refractivity contribution in [3.05, 3.63) is 54.1 Å². The van der Waals surface area contributed by atoms with E-state index < -0.39 is 0 Å². The first-order valence-corrected chi connectivity index (χ1v) is 10.6. The van der Waals surface area contributed by atoms with Gasteiger partial charge in [0.25, 0.3) is 0 Å². The lowest BCUT2D eigenvalue weighted by Gasteiger charge is -2.30. The van der Waals surface area contributed by atoms with Gasteiger partial charge in [-0.2, -0.15) is 0 Å². The van der Waals surface area contributed by atoms with Crippen LogP contribution in [0.1, 0.15) is 18.4 Å². The Morgan fingerprint density at radius 1 is 1.00 bits per heavy atom. The van der Waals surface area contributed by atoms with Gasteiger partial charge in [-0.3, -0.25) is 14.5 Å². The third-order valence-corrected chi connectivity index (χ3v) is 5.59. The molecule has 31 heavy (non-hydrogen) atoms. The number of amides is 2. The smallest absolute Gasteiger partial charge is 0.234 e. The second kappa shape index (κ2) is 11.4. The summed E-state index contributed by atoms with van der Waals surface area (Å²) in [5, 5.41) is 5.95. The summed E-state index contributed by atoms with van der Waals surface area (Å²) in [5.41, 5.74) is 1.84. The molecular weight excluding hydrogens is 394 g/mol. The van der Waals surface area contributed by atoms with Gasteiger partial charge in [-0.05, 0) is 62.2 Å². The molecule has 1 fully saturated rings. The van der Waals surface area contributed by atoms with Gasteiger partial charge in [0.05, 0.1) is 26.5 Å². The van der Waals surface area contributed by atoms with Crippen LogP contribution in [0.2, 0.25) is 0 Å². The van der Waals surface area contributed by atoms with Crippen LogP contribution in [-0.2, 0) is 16.0 Å². The molecule has 3 rings (SSSR count). The average molecular weight is 426 g/mol. The molecule has 166 valence electrons. The number of likely N-dealkylation sites (tertiary alicyclic amines) is 1. The highest BCUT2D eigenvalue weighted by Crippen LogP contribution is 2.25. The minimum Gasteiger partial charge on any atom is -0.497 e. The van der Waals surface area contributed by atoms with E-state index in [9.17, 15) is 9.59 Å². The van der Waals surface area contributed by atoms with Crippen molar-refractivity contribution in [2.75, 3.05) is 45.7 Å². The number of piperidine rings is 1. The van der Waals surface area contributed by atoms with Gasteiger partial charge in [-0.1, -0.05) is 24.3 Å². The highest BCUT2D eigenvalue weighted by atomic mass is 16.5. The highest BCUT2D eigenvalue weighted by Gasteiger charge is 2.26. The normalized spacial score (nSPS) is 14.6. The molecule has 0 unspecified atom stereocenters. The van der Waals surface area contributed by atoms with E-state index in [2.05, 4.69) is 15.5 Å². The van der Waals surface area contributed by atoms with Crippen LogP contribution in [0.3, 0.4) is 0 Å². The lowest BCUT2D eigenvalue weighted by atomic mass is 9.95. The molecule has 0 spiro atoms. The first-order valence-electron chi connectivity index (χ1n) is 10.6. The highest BCUT2D eigenvalue weighted by molar-refractivity contribution is 5.94. The molecule has 7 nitrogen and oxygen atoms in total. The fourth-order valence-corrected chi connectivity index (χ4v) is 3.73. The predicted molar refractivity (Wildman–Crippen MR) is 120 cm³/mol. The van der Waals surface area contributed by atoms with Crippen LogP contribution >= 0.6 is 0 Å². The number of benzene rings is 2. The van der Waals surface area contributed by atoms with E-state index in [1.165, 1.54) is 0 Å². The molecule has 0 atom stereocenters. The number of hydrogen-bond donors (Lipinski definition) is 2. The number of carbonyl (C=O) groups excluding carboxylic acids is 2. The lowest BCUT2D eigenvalue weighted by Crippen LogP contribution is -2.43. The summed E-state index contributed by atoms with van der Waals surface area (Å²) in [7, 11) is 3.23. The summed E-state index contributed by atoms with van der Waals surface area (Å²) in [6.07, 6.45) is 2.25. The van der Waals surface area contributed by atoms with Crippen molar-refractivity contribution in [3.8, 4) is 11.5 Å². The number of nitrogens with one attached hydrogen (secondary N) is 2. The third-order valence-electron chi connectivity index (χ3n) is 5.59. The van der Waals surface area contributed by atoms with Crippen LogP contribution in [0.5, 0.6) is 11.5 Å². The van der Waals surface area contributed by atoms with Gasteiger partial charge in [0, 0.05) is 12.5 Å². The molecule has 0 bridgehead atoms. The maximum absolute atomic E-state index is 12.6. The van der Waals surface area contributed by atoms with Crippen molar-refractivity contribution >= 4 is 17.5 Å². The maximum atomic E-state index is 12.6. The van der Waals surface area contributed by atoms with Crippen molar-refractivity contribution in [1.29, 1.82) is 0 Å². The number of carbonyl (C=O) groups is 2. The lowest BCUT2D eigenvalue weighted by molar-refractivity contribution is -0.123. The zero-order chi connectivity index (χ0) is 22.1. The zero-order valence-electron chi connectivity index (χ0n) is 18.2. The largest absolute Gasteiger partial charge is 0.497 e. The van der Waals surface area contributed by atoms with Crippen LogP contribution in [0, 0.1) is 5.92 Å². The Morgan fingerprint density at radius 2 is 1.71 bits per heavy atom. The summed E-state index contributed by atoms with van der Waals surface area (Å²) in [4.78, 5) is 27.0. The third kappa shape index (κ3) is 6.72. The first-order chi connectivity index (χ1) is 15.1. The molecule has 1 heterocycles. The van der Waals surface area contributed by atoms with Crippen molar-refractivity contribution < 1.29 is 19.1 Å². The summed E-state index contributed by atoms with van der Waals surface area (Å²) in [6.45, 7) is 2.43. The number of rotatable bonds is 9. The SMILES string of the molecule is COc1ccc(CCNC(=O)CN2CCC(C(=O)Nc3ccccc3OC)CC2)cc1. The summed E-state index contributed by atoms with van der Waals surface area (Å²) in [6, 6.07) is 15.3. The minimum atomic E-state index is -0.0562. The number of anilines is 1. The number of ether oxygens (including phenoxy) is 2. The van der Waals surface area contributed by atoms with Crippen LogP contribution in [-0.4, -0.2) is 57.1 Å². The van der Waals surface area contributed by atoms with Gasteiger partial charge in [0.2, 0.25) is 11.8 Å². The van der Waals surface area contributed by atoms with E-state index in [4.69, 9.17) is 9.47 Å². The standard InChI is InChI=1S/C24H31N3O4/c1-30-20-9-7-18(8-10-20)11-14-25-23(28)17-27-15-12-19(13-16-27)24(29)26-21-5-3-4-6-22(21)31-2/h3-10,19H,11-17H2,1-2H3,(H,25,28)(H,26,29). The number of nitrogens with zero attached hydrogens (tertiary/aromatic N) is 1. The van der Waals surface area contributed by atoms with E-state index in [-0.39, 0.29) is 17.7 Å². The fraction of sp³-hybridized carbons (Fsp3) is 0.417. The monoisotopic (exact) mass is 425 g/mol. The van der Waals surface area contributed by atoms with Gasteiger partial charge >= 0.3 is 0 Å². The molecule has 0 radical (unpaired) electrons. The maximum Gasteiger partial charge on any atom is 0.234 e. The van der Waals surface area contributed by atoms with Crippen molar-refractivity contribution in [3.63, 3.8) is 0 Å². The van der Waals surface area contributed by atoms with Gasteiger partial charge in [0.1, 0.15) is 11.5 Å². The van der Waals surface area contributed by atoms with Gasteiger partial charge in [0.15, 0.2) is 0 Å². The van der Waals surface area contributed by atoms with Gasteiger partial charge in [-0.25, -0.2) is 0 Å². The van der Waals surface area contributed by atoms with Crippen LogP contribution in [0.15, 0.2) is 48.5 Å². The molecule has 2 N–H and O–H groups in total. The van der Waals surface area contributed by atoms with E-state index in [0.29, 0.717) is 24.5 Å². The molecule has 7 heteroatoms. The second-order valence-corrected chi connectivity index (χ2v) is 7.69. The second-order valence-electron chi connectivity index (χ2n) is 7.69. The summed E-state index contributed by atoms with van der Waals surface area (Å²) < 4.78 is 10.4. The molecule has 2 aromatic carbocycles. The Labute approximate surface area is 183 Å². The molecule has 2 amide bonds. The van der Waals surface area contributed by atoms with E-state index in [1.807, 2.05) is 48.5 Å². The Kier molecular flexibility index (Phi) is 8.29. The number of hydrogen-bond acceptors (Lipinski definition) is 5. The Morgan fingerprint density at radius 3 is 2.39 bits per heavy atom. The molecule has 0 aromatic heterocycles. The van der Waals surface area contributed by atoms with Gasteiger partial charge in [-0.15, -0.1) is 0 Å². The van der Waals surface area contributed by atoms with Crippen LogP contribution in [0.4, 0.5) is 5.69 Å². The van der Waals surface area contributed by atoms with Crippen molar-refractivity contribution in [2.24, 2.45) is 5.92 Å². The summed E-state index contributed by atoms with van der Waals surface area (Å²) >= 11 is 0. The Balaban J connectivity index is 1.36. The van der Waals surface area contributed by atoms with Crippen molar-refractivity contribution in [1.82, 2.24) is 10.2 Å². The van der Waals surface area contributed by atoms with E-state index in [1.54, 1.807) is 14.2 Å². The van der Waals surface area contributed by atoms with E-state index >= 15 is 0 Å².